The number of benzene rings is 2. The van der Waals surface area contributed by atoms with Crippen LogP contribution in [-0.4, -0.2) is 17.6 Å². The molecule has 3 heteroatoms. The number of hydrogen-bond donors (Lipinski definition) is 2. The summed E-state index contributed by atoms with van der Waals surface area (Å²) >= 11 is 0. The van der Waals surface area contributed by atoms with Gasteiger partial charge in [-0.3, -0.25) is 4.79 Å². The standard InChI is InChI=1S/C17H15NO2/c19-13-7-6-9-14-8-4-5-12-16(14)18-17(20)15-10-2-1-3-11-15/h1-5,8,10-12,19H,7,13H2,(H,18,20). The monoisotopic (exact) mass is 265 g/mol. The van der Waals surface area contributed by atoms with E-state index in [2.05, 4.69) is 17.2 Å². The number of amides is 1. The summed E-state index contributed by atoms with van der Waals surface area (Å²) in [6, 6.07) is 16.4. The van der Waals surface area contributed by atoms with Crippen LogP contribution in [0, 0.1) is 11.8 Å². The Bertz CT molecular complexity index is 639. The Morgan fingerprint density at radius 2 is 1.75 bits per heavy atom. The molecule has 0 saturated carbocycles. The number of rotatable bonds is 3. The van der Waals surface area contributed by atoms with Crippen LogP contribution < -0.4 is 5.32 Å². The second kappa shape index (κ2) is 7.13. The van der Waals surface area contributed by atoms with Crippen LogP contribution in [0.5, 0.6) is 0 Å². The summed E-state index contributed by atoms with van der Waals surface area (Å²) in [5.74, 6) is 5.63. The van der Waals surface area contributed by atoms with E-state index in [4.69, 9.17) is 5.11 Å². The predicted molar refractivity (Wildman–Crippen MR) is 79.4 cm³/mol. The van der Waals surface area contributed by atoms with Gasteiger partial charge in [0.1, 0.15) is 0 Å². The van der Waals surface area contributed by atoms with Gasteiger partial charge in [0, 0.05) is 17.5 Å². The minimum atomic E-state index is -0.165. The van der Waals surface area contributed by atoms with Crippen molar-refractivity contribution in [1.82, 2.24) is 0 Å². The first-order valence-electron chi connectivity index (χ1n) is 6.36. The summed E-state index contributed by atoms with van der Waals surface area (Å²) < 4.78 is 0. The second-order valence-corrected chi connectivity index (χ2v) is 4.14. The molecule has 2 aromatic carbocycles. The molecule has 0 aromatic heterocycles. The number of nitrogens with one attached hydrogen (secondary N) is 1. The maximum absolute atomic E-state index is 12.1. The summed E-state index contributed by atoms with van der Waals surface area (Å²) in [5, 5.41) is 11.6. The number of carbonyl (C=O) groups excluding carboxylic acids is 1. The Morgan fingerprint density at radius 3 is 2.50 bits per heavy atom. The van der Waals surface area contributed by atoms with E-state index in [0.29, 0.717) is 17.7 Å². The van der Waals surface area contributed by atoms with Crippen LogP contribution in [0.25, 0.3) is 0 Å². The Balaban J connectivity index is 2.18. The molecule has 0 unspecified atom stereocenters. The first-order valence-corrected chi connectivity index (χ1v) is 6.36. The Kier molecular flexibility index (Phi) is 4.94. The highest BCUT2D eigenvalue weighted by atomic mass is 16.2. The van der Waals surface area contributed by atoms with E-state index in [1.54, 1.807) is 12.1 Å². The van der Waals surface area contributed by atoms with E-state index in [1.807, 2.05) is 42.5 Å². The van der Waals surface area contributed by atoms with Gasteiger partial charge in [0.2, 0.25) is 0 Å². The van der Waals surface area contributed by atoms with Crippen molar-refractivity contribution in [1.29, 1.82) is 0 Å². The van der Waals surface area contributed by atoms with Crippen LogP contribution in [0.1, 0.15) is 22.3 Å². The van der Waals surface area contributed by atoms with Crippen LogP contribution in [0.15, 0.2) is 54.6 Å². The van der Waals surface area contributed by atoms with E-state index in [0.717, 1.165) is 5.56 Å². The number of hydrogen-bond acceptors (Lipinski definition) is 2. The molecule has 0 aliphatic carbocycles. The highest BCUT2D eigenvalue weighted by molar-refractivity contribution is 6.04. The first-order chi connectivity index (χ1) is 9.81. The van der Waals surface area contributed by atoms with Gasteiger partial charge in [-0.25, -0.2) is 0 Å². The molecule has 20 heavy (non-hydrogen) atoms. The van der Waals surface area contributed by atoms with Crippen LogP contribution in [0.4, 0.5) is 5.69 Å². The van der Waals surface area contributed by atoms with Crippen LogP contribution >= 0.6 is 0 Å². The third-order valence-electron chi connectivity index (χ3n) is 2.67. The Morgan fingerprint density at radius 1 is 1.05 bits per heavy atom. The van der Waals surface area contributed by atoms with Crippen LogP contribution in [-0.2, 0) is 0 Å². The lowest BCUT2D eigenvalue weighted by molar-refractivity contribution is 0.102. The van der Waals surface area contributed by atoms with Crippen LogP contribution in [0.2, 0.25) is 0 Å². The zero-order chi connectivity index (χ0) is 14.2. The largest absolute Gasteiger partial charge is 0.395 e. The lowest BCUT2D eigenvalue weighted by atomic mass is 10.1. The fraction of sp³-hybridized carbons (Fsp3) is 0.118. The molecule has 0 aliphatic heterocycles. The lowest BCUT2D eigenvalue weighted by Gasteiger charge is -2.07. The van der Waals surface area contributed by atoms with Gasteiger partial charge in [-0.05, 0) is 24.3 Å². The van der Waals surface area contributed by atoms with Gasteiger partial charge >= 0.3 is 0 Å². The zero-order valence-electron chi connectivity index (χ0n) is 11.0. The number of carbonyl (C=O) groups is 1. The van der Waals surface area contributed by atoms with Crippen molar-refractivity contribution in [2.45, 2.75) is 6.42 Å². The van der Waals surface area contributed by atoms with E-state index >= 15 is 0 Å². The molecular weight excluding hydrogens is 250 g/mol. The average Bonchev–Trinajstić information content (AvgIpc) is 2.50. The molecule has 0 saturated heterocycles. The molecule has 2 aromatic rings. The van der Waals surface area contributed by atoms with Gasteiger partial charge in [-0.2, -0.15) is 0 Å². The molecule has 2 N–H and O–H groups in total. The molecule has 0 aliphatic rings. The zero-order valence-corrected chi connectivity index (χ0v) is 11.0. The van der Waals surface area contributed by atoms with Crippen molar-refractivity contribution < 1.29 is 9.90 Å². The average molecular weight is 265 g/mol. The maximum Gasteiger partial charge on any atom is 0.255 e. The molecule has 0 fully saturated rings. The molecule has 2 rings (SSSR count). The van der Waals surface area contributed by atoms with Gasteiger partial charge in [-0.15, -0.1) is 0 Å². The van der Waals surface area contributed by atoms with Crippen molar-refractivity contribution in [2.24, 2.45) is 0 Å². The highest BCUT2D eigenvalue weighted by Crippen LogP contribution is 2.15. The normalized spacial score (nSPS) is 9.45. The number of anilines is 1. The van der Waals surface area contributed by atoms with Gasteiger partial charge in [0.25, 0.3) is 5.91 Å². The van der Waals surface area contributed by atoms with E-state index in [1.165, 1.54) is 0 Å². The number of para-hydroxylation sites is 1. The van der Waals surface area contributed by atoms with Crippen molar-refractivity contribution >= 4 is 11.6 Å². The molecule has 0 spiro atoms. The molecular formula is C17H15NO2. The molecule has 100 valence electrons. The Hall–Kier alpha value is -2.57. The fourth-order valence-electron chi connectivity index (χ4n) is 1.70. The third kappa shape index (κ3) is 3.71. The second-order valence-electron chi connectivity index (χ2n) is 4.14. The molecule has 0 bridgehead atoms. The summed E-state index contributed by atoms with van der Waals surface area (Å²) in [6.45, 7) is 0.0333. The van der Waals surface area contributed by atoms with Crippen molar-refractivity contribution in [3.05, 3.63) is 65.7 Å². The van der Waals surface area contributed by atoms with E-state index in [9.17, 15) is 4.79 Å². The topological polar surface area (TPSA) is 49.3 Å². The van der Waals surface area contributed by atoms with Crippen LogP contribution in [0.3, 0.4) is 0 Å². The minimum Gasteiger partial charge on any atom is -0.395 e. The maximum atomic E-state index is 12.1. The van der Waals surface area contributed by atoms with Crippen molar-refractivity contribution in [2.75, 3.05) is 11.9 Å². The van der Waals surface area contributed by atoms with Crippen molar-refractivity contribution in [3.63, 3.8) is 0 Å². The van der Waals surface area contributed by atoms with Gasteiger partial charge in [0.05, 0.1) is 12.3 Å². The molecule has 0 heterocycles. The van der Waals surface area contributed by atoms with Crippen molar-refractivity contribution in [3.8, 4) is 11.8 Å². The summed E-state index contributed by atoms with van der Waals surface area (Å²) in [5.41, 5.74) is 2.02. The van der Waals surface area contributed by atoms with Gasteiger partial charge in [-0.1, -0.05) is 42.2 Å². The smallest absolute Gasteiger partial charge is 0.255 e. The molecule has 1 amide bonds. The predicted octanol–water partition coefficient (Wildman–Crippen LogP) is 2.67. The summed E-state index contributed by atoms with van der Waals surface area (Å²) in [6.07, 6.45) is 0.418. The summed E-state index contributed by atoms with van der Waals surface area (Å²) in [4.78, 5) is 12.1. The SMILES string of the molecule is O=C(Nc1ccccc1C#CCCO)c1ccccc1. The van der Waals surface area contributed by atoms with E-state index < -0.39 is 0 Å². The number of aliphatic hydroxyl groups excluding tert-OH is 1. The minimum absolute atomic E-state index is 0.0333. The molecule has 0 atom stereocenters. The Labute approximate surface area is 118 Å². The van der Waals surface area contributed by atoms with Gasteiger partial charge in [0.15, 0.2) is 0 Å². The molecule has 3 nitrogen and oxygen atoms in total. The third-order valence-corrected chi connectivity index (χ3v) is 2.67. The number of aliphatic hydroxyl groups is 1. The van der Waals surface area contributed by atoms with Gasteiger partial charge < -0.3 is 10.4 Å². The quantitative estimate of drug-likeness (QED) is 0.838. The first kappa shape index (κ1) is 13.9. The fourth-order valence-corrected chi connectivity index (χ4v) is 1.70. The van der Waals surface area contributed by atoms with E-state index in [-0.39, 0.29) is 12.5 Å². The highest BCUT2D eigenvalue weighted by Gasteiger charge is 2.06. The lowest BCUT2D eigenvalue weighted by Crippen LogP contribution is -2.12. The molecule has 0 radical (unpaired) electrons. The summed E-state index contributed by atoms with van der Waals surface area (Å²) in [7, 11) is 0.